The Labute approximate surface area is 121 Å². The Morgan fingerprint density at radius 1 is 1.52 bits per heavy atom. The van der Waals surface area contributed by atoms with Gasteiger partial charge in [0.25, 0.3) is 11.6 Å². The van der Waals surface area contributed by atoms with Crippen molar-refractivity contribution < 1.29 is 9.72 Å². The molecular weight excluding hydrogens is 274 g/mol. The zero-order valence-corrected chi connectivity index (χ0v) is 11.7. The second-order valence-electron chi connectivity index (χ2n) is 4.65. The molecule has 0 aliphatic carbocycles. The van der Waals surface area contributed by atoms with Crippen LogP contribution in [-0.2, 0) is 13.6 Å². The van der Waals surface area contributed by atoms with Gasteiger partial charge < -0.3 is 15.2 Å². The van der Waals surface area contributed by atoms with Gasteiger partial charge >= 0.3 is 0 Å². The van der Waals surface area contributed by atoms with E-state index in [1.165, 1.54) is 23.1 Å². The molecule has 0 unspecified atom stereocenters. The maximum absolute atomic E-state index is 12.4. The summed E-state index contributed by atoms with van der Waals surface area (Å²) in [5, 5.41) is 11.0. The maximum Gasteiger partial charge on any atom is 0.282 e. The van der Waals surface area contributed by atoms with E-state index in [1.807, 2.05) is 7.05 Å². The molecular formula is C13H15N5O3. The number of aromatic nitrogens is 2. The lowest BCUT2D eigenvalue weighted by atomic mass is 10.1. The van der Waals surface area contributed by atoms with Crippen LogP contribution < -0.4 is 5.73 Å². The highest BCUT2D eigenvalue weighted by Gasteiger charge is 2.23. The van der Waals surface area contributed by atoms with E-state index in [0.29, 0.717) is 11.5 Å². The van der Waals surface area contributed by atoms with Gasteiger partial charge in [-0.05, 0) is 12.1 Å². The molecule has 0 bridgehead atoms. The number of nitrogen functional groups attached to an aromatic ring is 1. The Hall–Kier alpha value is -2.90. The predicted molar refractivity (Wildman–Crippen MR) is 76.5 cm³/mol. The Bertz CT molecular complexity index is 695. The molecule has 8 nitrogen and oxygen atoms in total. The fourth-order valence-electron chi connectivity index (χ4n) is 1.92. The highest BCUT2D eigenvalue weighted by Crippen LogP contribution is 2.22. The molecule has 0 fully saturated rings. The van der Waals surface area contributed by atoms with E-state index in [1.54, 1.807) is 24.0 Å². The molecule has 110 valence electrons. The normalized spacial score (nSPS) is 10.4. The van der Waals surface area contributed by atoms with Crippen LogP contribution in [0.2, 0.25) is 0 Å². The van der Waals surface area contributed by atoms with Crippen molar-refractivity contribution in [3.8, 4) is 0 Å². The molecule has 0 spiro atoms. The summed E-state index contributed by atoms with van der Waals surface area (Å²) in [6.07, 6.45) is 3.38. The smallest absolute Gasteiger partial charge is 0.282 e. The van der Waals surface area contributed by atoms with Gasteiger partial charge in [-0.25, -0.2) is 4.98 Å². The predicted octanol–water partition coefficient (Wildman–Crippen LogP) is 1.18. The second kappa shape index (κ2) is 5.61. The molecule has 8 heteroatoms. The van der Waals surface area contributed by atoms with Crippen molar-refractivity contribution in [2.24, 2.45) is 7.05 Å². The van der Waals surface area contributed by atoms with Crippen molar-refractivity contribution in [2.45, 2.75) is 6.54 Å². The second-order valence-corrected chi connectivity index (χ2v) is 4.65. The number of amides is 1. The number of carbonyl (C=O) groups is 1. The standard InChI is InChI=1S/C13H15N5O3/c1-16-6-5-15-12(16)8-17(2)13(19)10-7-9(14)3-4-11(10)18(20)21/h3-7H,8,14H2,1-2H3. The van der Waals surface area contributed by atoms with Crippen LogP contribution in [0.25, 0.3) is 0 Å². The van der Waals surface area contributed by atoms with Gasteiger partial charge in [0.15, 0.2) is 0 Å². The lowest BCUT2D eigenvalue weighted by Gasteiger charge is -2.17. The van der Waals surface area contributed by atoms with Crippen LogP contribution in [0.1, 0.15) is 16.2 Å². The van der Waals surface area contributed by atoms with E-state index in [-0.39, 0.29) is 17.8 Å². The first-order valence-corrected chi connectivity index (χ1v) is 6.15. The number of nitro groups is 1. The summed E-state index contributed by atoms with van der Waals surface area (Å²) < 4.78 is 1.78. The van der Waals surface area contributed by atoms with Gasteiger partial charge in [0.05, 0.1) is 11.5 Å². The van der Waals surface area contributed by atoms with Crippen molar-refractivity contribution >= 4 is 17.3 Å². The zero-order chi connectivity index (χ0) is 15.6. The summed E-state index contributed by atoms with van der Waals surface area (Å²) in [7, 11) is 3.37. The molecule has 1 aromatic heterocycles. The van der Waals surface area contributed by atoms with Crippen LogP contribution in [0.5, 0.6) is 0 Å². The number of aryl methyl sites for hydroxylation is 1. The molecule has 2 aromatic rings. The number of nitrogens with two attached hydrogens (primary N) is 1. The molecule has 1 amide bonds. The van der Waals surface area contributed by atoms with Crippen LogP contribution in [0.3, 0.4) is 0 Å². The van der Waals surface area contributed by atoms with Crippen molar-refractivity contribution in [3.05, 3.63) is 52.1 Å². The molecule has 2 N–H and O–H groups in total. The van der Waals surface area contributed by atoms with Gasteiger partial charge in [-0.15, -0.1) is 0 Å². The van der Waals surface area contributed by atoms with Gasteiger partial charge in [-0.2, -0.15) is 0 Å². The molecule has 21 heavy (non-hydrogen) atoms. The molecule has 0 saturated heterocycles. The summed E-state index contributed by atoms with van der Waals surface area (Å²) in [6.45, 7) is 0.244. The highest BCUT2D eigenvalue weighted by molar-refractivity contribution is 5.98. The van der Waals surface area contributed by atoms with Gasteiger partial charge in [-0.3, -0.25) is 14.9 Å². The Morgan fingerprint density at radius 3 is 2.81 bits per heavy atom. The third-order valence-corrected chi connectivity index (χ3v) is 3.09. The van der Waals surface area contributed by atoms with Crippen molar-refractivity contribution in [1.29, 1.82) is 0 Å². The number of imidazole rings is 1. The van der Waals surface area contributed by atoms with Crippen LogP contribution in [-0.4, -0.2) is 32.3 Å². The number of carbonyl (C=O) groups excluding carboxylic acids is 1. The summed E-state index contributed by atoms with van der Waals surface area (Å²) in [6, 6.07) is 3.94. The SMILES string of the molecule is CN(Cc1nccn1C)C(=O)c1cc(N)ccc1[N+](=O)[O-]. The molecule has 0 aliphatic heterocycles. The monoisotopic (exact) mass is 289 g/mol. The van der Waals surface area contributed by atoms with E-state index >= 15 is 0 Å². The highest BCUT2D eigenvalue weighted by atomic mass is 16.6. The molecule has 0 saturated carbocycles. The average molecular weight is 289 g/mol. The van der Waals surface area contributed by atoms with Crippen LogP contribution in [0, 0.1) is 10.1 Å². The minimum absolute atomic E-state index is 0.0308. The molecule has 0 atom stereocenters. The van der Waals surface area contributed by atoms with Gasteiger partial charge in [0, 0.05) is 38.2 Å². The minimum Gasteiger partial charge on any atom is -0.399 e. The maximum atomic E-state index is 12.4. The zero-order valence-electron chi connectivity index (χ0n) is 11.7. The fraction of sp³-hybridized carbons (Fsp3) is 0.231. The van der Waals surface area contributed by atoms with Crippen molar-refractivity contribution in [2.75, 3.05) is 12.8 Å². The third-order valence-electron chi connectivity index (χ3n) is 3.09. The van der Waals surface area contributed by atoms with Crippen molar-refractivity contribution in [3.63, 3.8) is 0 Å². The number of nitrogens with zero attached hydrogens (tertiary/aromatic N) is 4. The Morgan fingerprint density at radius 2 is 2.24 bits per heavy atom. The van der Waals surface area contributed by atoms with E-state index in [2.05, 4.69) is 4.98 Å². The molecule has 2 rings (SSSR count). The van der Waals surface area contributed by atoms with E-state index in [0.717, 1.165) is 0 Å². The van der Waals surface area contributed by atoms with Crippen molar-refractivity contribution in [1.82, 2.24) is 14.5 Å². The summed E-state index contributed by atoms with van der Waals surface area (Å²) in [5.41, 5.74) is 5.62. The minimum atomic E-state index is -0.596. The van der Waals surface area contributed by atoms with E-state index in [4.69, 9.17) is 5.73 Å². The van der Waals surface area contributed by atoms with Gasteiger partial charge in [0.2, 0.25) is 0 Å². The van der Waals surface area contributed by atoms with E-state index in [9.17, 15) is 14.9 Å². The Balaban J connectivity index is 2.29. The summed E-state index contributed by atoms with van der Waals surface area (Å²) in [4.78, 5) is 28.3. The number of benzene rings is 1. The summed E-state index contributed by atoms with van der Waals surface area (Å²) >= 11 is 0. The number of rotatable bonds is 4. The van der Waals surface area contributed by atoms with Gasteiger partial charge in [-0.1, -0.05) is 0 Å². The summed E-state index contributed by atoms with van der Waals surface area (Å²) in [5.74, 6) is 0.203. The largest absolute Gasteiger partial charge is 0.399 e. The topological polar surface area (TPSA) is 107 Å². The fourth-order valence-corrected chi connectivity index (χ4v) is 1.92. The Kier molecular flexibility index (Phi) is 3.88. The number of nitro benzene ring substituents is 1. The third kappa shape index (κ3) is 2.99. The lowest BCUT2D eigenvalue weighted by molar-refractivity contribution is -0.385. The first kappa shape index (κ1) is 14.5. The first-order chi connectivity index (χ1) is 9.90. The van der Waals surface area contributed by atoms with Crippen LogP contribution in [0.15, 0.2) is 30.6 Å². The average Bonchev–Trinajstić information content (AvgIpc) is 2.83. The number of anilines is 1. The number of hydrogen-bond donors (Lipinski definition) is 1. The van der Waals surface area contributed by atoms with E-state index < -0.39 is 10.8 Å². The van der Waals surface area contributed by atoms with Gasteiger partial charge in [0.1, 0.15) is 11.4 Å². The lowest BCUT2D eigenvalue weighted by Crippen LogP contribution is -2.28. The number of hydrogen-bond acceptors (Lipinski definition) is 5. The van der Waals surface area contributed by atoms with Crippen LogP contribution >= 0.6 is 0 Å². The quantitative estimate of drug-likeness (QED) is 0.516. The molecule has 0 aliphatic rings. The van der Waals surface area contributed by atoms with Crippen LogP contribution in [0.4, 0.5) is 11.4 Å². The first-order valence-electron chi connectivity index (χ1n) is 6.15. The molecule has 0 radical (unpaired) electrons. The molecule has 1 aromatic carbocycles. The molecule has 1 heterocycles.